The zero-order chi connectivity index (χ0) is 18.1. The predicted octanol–water partition coefficient (Wildman–Crippen LogP) is 4.52. The number of carbonyl (C=O) groups excluding carboxylic acids is 1. The molecule has 1 aromatic rings. The maximum absolute atomic E-state index is 11.1. The van der Waals surface area contributed by atoms with Gasteiger partial charge in [-0.3, -0.25) is 4.79 Å². The predicted molar refractivity (Wildman–Crippen MR) is 96.8 cm³/mol. The lowest BCUT2D eigenvalue weighted by Crippen LogP contribution is -2.48. The molecule has 3 unspecified atom stereocenters. The van der Waals surface area contributed by atoms with Crippen LogP contribution in [0.2, 0.25) is 10.0 Å². The third kappa shape index (κ3) is 3.38. The van der Waals surface area contributed by atoms with Gasteiger partial charge in [0.15, 0.2) is 0 Å². The lowest BCUT2D eigenvalue weighted by molar-refractivity contribution is -0.253. The van der Waals surface area contributed by atoms with Gasteiger partial charge in [0.25, 0.3) is 0 Å². The van der Waals surface area contributed by atoms with Crippen molar-refractivity contribution in [1.29, 1.82) is 0 Å². The Morgan fingerprint density at radius 1 is 1.32 bits per heavy atom. The number of rotatable bonds is 5. The van der Waals surface area contributed by atoms with E-state index in [1.807, 2.05) is 19.1 Å². The summed E-state index contributed by atoms with van der Waals surface area (Å²) in [5.41, 5.74) is 3.03. The molecule has 2 aliphatic rings. The summed E-state index contributed by atoms with van der Waals surface area (Å²) in [4.78, 5) is 16.4. The van der Waals surface area contributed by atoms with Crippen molar-refractivity contribution in [2.75, 3.05) is 6.61 Å². The quantitative estimate of drug-likeness (QED) is 0.698. The van der Waals surface area contributed by atoms with E-state index in [1.54, 1.807) is 11.2 Å². The highest BCUT2D eigenvalue weighted by Gasteiger charge is 2.45. The summed E-state index contributed by atoms with van der Waals surface area (Å²) in [6.07, 6.45) is 2.09. The molecule has 0 radical (unpaired) electrons. The van der Waals surface area contributed by atoms with E-state index in [9.17, 15) is 4.79 Å². The van der Waals surface area contributed by atoms with Gasteiger partial charge in [-0.15, -0.1) is 5.17 Å². The Bertz CT molecular complexity index is 689. The highest BCUT2D eigenvalue weighted by molar-refractivity contribution is 6.42. The molecule has 0 N–H and O–H groups in total. The lowest BCUT2D eigenvalue weighted by Gasteiger charge is -2.39. The molecule has 3 rings (SSSR count). The van der Waals surface area contributed by atoms with Crippen molar-refractivity contribution >= 4 is 29.7 Å². The van der Waals surface area contributed by atoms with Crippen LogP contribution in [0.15, 0.2) is 29.5 Å². The molecule has 0 amide bonds. The minimum atomic E-state index is -0.0867. The summed E-state index contributed by atoms with van der Waals surface area (Å²) < 4.78 is 5.95. The van der Waals surface area contributed by atoms with E-state index in [2.05, 4.69) is 18.9 Å². The van der Waals surface area contributed by atoms with Crippen LogP contribution in [0, 0.1) is 0 Å². The van der Waals surface area contributed by atoms with Gasteiger partial charge in [-0.05, 0) is 56.9 Å². The number of halogens is 2. The zero-order valence-electron chi connectivity index (χ0n) is 14.5. The molecule has 0 aliphatic carbocycles. The Morgan fingerprint density at radius 3 is 2.68 bits per heavy atom. The van der Waals surface area contributed by atoms with Crippen molar-refractivity contribution in [2.45, 2.75) is 51.8 Å². The highest BCUT2D eigenvalue weighted by Crippen LogP contribution is 2.41. The fourth-order valence-corrected chi connectivity index (χ4v) is 3.95. The number of hydrazine groups is 1. The Labute approximate surface area is 158 Å². The number of allylic oxidation sites excluding steroid dienone is 1. The molecule has 25 heavy (non-hydrogen) atoms. The van der Waals surface area contributed by atoms with Gasteiger partial charge >= 0.3 is 6.47 Å². The van der Waals surface area contributed by atoms with Gasteiger partial charge in [-0.1, -0.05) is 29.3 Å². The van der Waals surface area contributed by atoms with E-state index in [0.29, 0.717) is 16.5 Å². The van der Waals surface area contributed by atoms with Crippen molar-refractivity contribution in [2.24, 2.45) is 0 Å². The maximum Gasteiger partial charge on any atom is 0.322 e. The normalized spacial score (nSPS) is 25.6. The topological polar surface area (TPSA) is 42.0 Å². The van der Waals surface area contributed by atoms with E-state index in [-0.39, 0.29) is 18.2 Å². The average molecular weight is 385 g/mol. The van der Waals surface area contributed by atoms with Crippen LogP contribution in [0.4, 0.5) is 0 Å². The summed E-state index contributed by atoms with van der Waals surface area (Å²) in [5, 5.41) is 4.64. The van der Waals surface area contributed by atoms with Crippen LogP contribution < -0.4 is 0 Å². The first-order valence-corrected chi connectivity index (χ1v) is 9.14. The third-order valence-electron chi connectivity index (χ3n) is 5.08. The smallest absolute Gasteiger partial charge is 0.322 e. The van der Waals surface area contributed by atoms with E-state index in [4.69, 9.17) is 32.8 Å². The van der Waals surface area contributed by atoms with Crippen molar-refractivity contribution in [1.82, 2.24) is 10.2 Å². The molecule has 1 fully saturated rings. The SMILES string of the molecule is CC1=C(C)N(OC=O)N(C(C)c2ccc(Cl)c(Cl)c2)C1C1CCCO1. The van der Waals surface area contributed by atoms with E-state index in [0.717, 1.165) is 36.3 Å². The number of hydroxylamine groups is 1. The van der Waals surface area contributed by atoms with Gasteiger partial charge in [0, 0.05) is 6.61 Å². The standard InChI is InChI=1S/C18H22Cl2N2O3/c1-11-12(2)22(25-10-23)21(18(11)17-5-4-8-24-17)13(3)14-6-7-15(19)16(20)9-14/h6-7,9-10,13,17-18H,4-5,8H2,1-3H3. The molecule has 7 heteroatoms. The Kier molecular flexibility index (Phi) is 5.58. The van der Waals surface area contributed by atoms with Crippen LogP contribution in [0.5, 0.6) is 0 Å². The molecule has 5 nitrogen and oxygen atoms in total. The Hall–Kier alpha value is -1.27. The first kappa shape index (κ1) is 18.5. The first-order chi connectivity index (χ1) is 12.0. The van der Waals surface area contributed by atoms with Crippen molar-refractivity contribution in [3.63, 3.8) is 0 Å². The number of nitrogens with zero attached hydrogens (tertiary/aromatic N) is 2. The molecule has 1 aromatic carbocycles. The van der Waals surface area contributed by atoms with Gasteiger partial charge < -0.3 is 9.57 Å². The molecule has 1 saturated heterocycles. The lowest BCUT2D eigenvalue weighted by atomic mass is 9.98. The van der Waals surface area contributed by atoms with Crippen LogP contribution in [0.25, 0.3) is 0 Å². The fraction of sp³-hybridized carbons (Fsp3) is 0.500. The Morgan fingerprint density at radius 2 is 2.08 bits per heavy atom. The summed E-state index contributed by atoms with van der Waals surface area (Å²) in [6.45, 7) is 7.27. The molecule has 0 aromatic heterocycles. The molecule has 3 atom stereocenters. The van der Waals surface area contributed by atoms with Crippen LogP contribution in [0.1, 0.15) is 45.2 Å². The summed E-state index contributed by atoms with van der Waals surface area (Å²) >= 11 is 12.2. The molecule has 0 bridgehead atoms. The molecule has 2 aliphatic heterocycles. The Balaban J connectivity index is 1.98. The number of hydrogen-bond acceptors (Lipinski definition) is 5. The second-order valence-corrected chi connectivity index (χ2v) is 7.28. The van der Waals surface area contributed by atoms with Crippen molar-refractivity contribution in [3.8, 4) is 0 Å². The molecular formula is C18H22Cl2N2O3. The fourth-order valence-electron chi connectivity index (χ4n) is 3.65. The van der Waals surface area contributed by atoms with Gasteiger partial charge in [-0.2, -0.15) is 5.01 Å². The third-order valence-corrected chi connectivity index (χ3v) is 5.82. The largest absolute Gasteiger partial charge is 0.376 e. The van der Waals surface area contributed by atoms with Crippen LogP contribution in [-0.2, 0) is 14.4 Å². The van der Waals surface area contributed by atoms with E-state index >= 15 is 0 Å². The number of hydrogen-bond donors (Lipinski definition) is 0. The van der Waals surface area contributed by atoms with Gasteiger partial charge in [-0.25, -0.2) is 0 Å². The first-order valence-electron chi connectivity index (χ1n) is 8.38. The molecule has 0 saturated carbocycles. The summed E-state index contributed by atoms with van der Waals surface area (Å²) in [7, 11) is 0. The van der Waals surface area contributed by atoms with Crippen LogP contribution in [0.3, 0.4) is 0 Å². The second-order valence-electron chi connectivity index (χ2n) is 6.47. The van der Waals surface area contributed by atoms with E-state index < -0.39 is 0 Å². The van der Waals surface area contributed by atoms with Gasteiger partial charge in [0.2, 0.25) is 0 Å². The zero-order valence-corrected chi connectivity index (χ0v) is 16.0. The second kappa shape index (κ2) is 7.54. The minimum absolute atomic E-state index is 0.00639. The summed E-state index contributed by atoms with van der Waals surface area (Å²) in [6, 6.07) is 5.49. The monoisotopic (exact) mass is 384 g/mol. The van der Waals surface area contributed by atoms with Crippen molar-refractivity contribution in [3.05, 3.63) is 45.1 Å². The maximum atomic E-state index is 11.1. The average Bonchev–Trinajstić information content (AvgIpc) is 3.19. The molecule has 2 heterocycles. The summed E-state index contributed by atoms with van der Waals surface area (Å²) in [5.74, 6) is 0. The van der Waals surface area contributed by atoms with E-state index in [1.165, 1.54) is 0 Å². The molecule has 0 spiro atoms. The highest BCUT2D eigenvalue weighted by atomic mass is 35.5. The van der Waals surface area contributed by atoms with Crippen LogP contribution in [-0.4, -0.2) is 35.4 Å². The molecule has 136 valence electrons. The van der Waals surface area contributed by atoms with Crippen molar-refractivity contribution < 1.29 is 14.4 Å². The van der Waals surface area contributed by atoms with Crippen LogP contribution >= 0.6 is 23.2 Å². The number of ether oxygens (including phenoxy) is 1. The number of carbonyl (C=O) groups is 1. The van der Waals surface area contributed by atoms with Gasteiger partial charge in [0.05, 0.1) is 33.9 Å². The minimum Gasteiger partial charge on any atom is -0.376 e. The van der Waals surface area contributed by atoms with Gasteiger partial charge in [0.1, 0.15) is 0 Å². The number of benzene rings is 1. The molecular weight excluding hydrogens is 363 g/mol.